The predicted octanol–water partition coefficient (Wildman–Crippen LogP) is 4.27. The minimum atomic E-state index is -0.214. The smallest absolute Gasteiger partial charge is 0.205 e. The van der Waals surface area contributed by atoms with Gasteiger partial charge in [0.2, 0.25) is 5.88 Å². The van der Waals surface area contributed by atoms with E-state index in [0.29, 0.717) is 11.3 Å². The van der Waals surface area contributed by atoms with Crippen molar-refractivity contribution in [2.75, 3.05) is 19.0 Å². The second-order valence-electron chi connectivity index (χ2n) is 7.91. The fraction of sp³-hybridized carbons (Fsp3) is 0.318. The van der Waals surface area contributed by atoms with Gasteiger partial charge in [0.25, 0.3) is 0 Å². The third kappa shape index (κ3) is 3.13. The first-order valence-electron chi connectivity index (χ1n) is 8.71. The molecule has 1 aliphatic heterocycles. The first kappa shape index (κ1) is 17.9. The second kappa shape index (κ2) is 6.42. The highest BCUT2D eigenvalue weighted by Gasteiger charge is 2.31. The third-order valence-corrected chi connectivity index (χ3v) is 4.83. The zero-order valence-corrected chi connectivity index (χ0v) is 16.0. The number of nitrogens with two attached hydrogens (primary N) is 1. The van der Waals surface area contributed by atoms with Gasteiger partial charge in [-0.25, -0.2) is 0 Å². The largest absolute Gasteiger partial charge is 0.440 e. The van der Waals surface area contributed by atoms with E-state index in [1.807, 2.05) is 37.2 Å². The van der Waals surface area contributed by atoms with E-state index in [0.717, 1.165) is 16.8 Å². The molecule has 134 valence electrons. The number of allylic oxidation sites excluding steroid dienone is 1. The van der Waals surface area contributed by atoms with Gasteiger partial charge in [0.15, 0.2) is 0 Å². The van der Waals surface area contributed by atoms with Crippen molar-refractivity contribution in [3.63, 3.8) is 0 Å². The zero-order chi connectivity index (χ0) is 19.1. The van der Waals surface area contributed by atoms with E-state index in [4.69, 9.17) is 10.5 Å². The number of benzene rings is 2. The van der Waals surface area contributed by atoms with Crippen LogP contribution in [0.3, 0.4) is 0 Å². The molecule has 1 heterocycles. The van der Waals surface area contributed by atoms with Crippen molar-refractivity contribution >= 4 is 5.69 Å². The highest BCUT2D eigenvalue weighted by Crippen LogP contribution is 2.43. The second-order valence-corrected chi connectivity index (χ2v) is 7.91. The molecule has 4 nitrogen and oxygen atoms in total. The molecule has 2 aromatic carbocycles. The molecule has 1 atom stereocenters. The molecule has 1 unspecified atom stereocenters. The molecule has 0 aromatic heterocycles. The maximum atomic E-state index is 9.67. The summed E-state index contributed by atoms with van der Waals surface area (Å²) >= 11 is 0. The molecule has 0 saturated heterocycles. The Balaban J connectivity index is 2.12. The summed E-state index contributed by atoms with van der Waals surface area (Å²) in [6.45, 7) is 6.56. The van der Waals surface area contributed by atoms with Crippen molar-refractivity contribution < 1.29 is 4.74 Å². The van der Waals surface area contributed by atoms with Crippen LogP contribution in [0.2, 0.25) is 0 Å². The van der Waals surface area contributed by atoms with Gasteiger partial charge in [-0.05, 0) is 22.6 Å². The number of hydrogen-bond donors (Lipinski definition) is 1. The average Bonchev–Trinajstić information content (AvgIpc) is 2.59. The van der Waals surface area contributed by atoms with E-state index in [9.17, 15) is 5.26 Å². The summed E-state index contributed by atoms with van der Waals surface area (Å²) in [6, 6.07) is 16.7. The number of anilines is 1. The SMILES string of the molecule is CN(C)c1ccc2c(c1)OC(N)=C(C#N)C2c1ccc(C(C)(C)C)cc1. The third-order valence-electron chi connectivity index (χ3n) is 4.83. The van der Waals surface area contributed by atoms with Gasteiger partial charge in [-0.3, -0.25) is 0 Å². The Hall–Kier alpha value is -2.93. The number of ether oxygens (including phenoxy) is 1. The Morgan fingerprint density at radius 3 is 2.27 bits per heavy atom. The molecule has 2 N–H and O–H groups in total. The lowest BCUT2D eigenvalue weighted by Crippen LogP contribution is -2.21. The van der Waals surface area contributed by atoms with E-state index in [1.54, 1.807) is 0 Å². The Labute approximate surface area is 155 Å². The van der Waals surface area contributed by atoms with E-state index < -0.39 is 0 Å². The summed E-state index contributed by atoms with van der Waals surface area (Å²) in [5.41, 5.74) is 10.9. The van der Waals surface area contributed by atoms with Crippen LogP contribution >= 0.6 is 0 Å². The van der Waals surface area contributed by atoms with Crippen LogP contribution in [-0.2, 0) is 5.41 Å². The van der Waals surface area contributed by atoms with Gasteiger partial charge < -0.3 is 15.4 Å². The molecule has 1 aliphatic rings. The summed E-state index contributed by atoms with van der Waals surface area (Å²) in [5, 5.41) is 9.67. The van der Waals surface area contributed by atoms with Gasteiger partial charge in [0.05, 0.1) is 5.92 Å². The molecule has 0 spiro atoms. The summed E-state index contributed by atoms with van der Waals surface area (Å²) in [4.78, 5) is 2.01. The predicted molar refractivity (Wildman–Crippen MR) is 105 cm³/mol. The Morgan fingerprint density at radius 1 is 1.08 bits per heavy atom. The Kier molecular flexibility index (Phi) is 4.41. The molecule has 4 heteroatoms. The topological polar surface area (TPSA) is 62.3 Å². The molecule has 0 bridgehead atoms. The molecule has 0 aliphatic carbocycles. The summed E-state index contributed by atoms with van der Waals surface area (Å²) in [7, 11) is 3.96. The maximum absolute atomic E-state index is 9.67. The monoisotopic (exact) mass is 347 g/mol. The number of nitriles is 1. The molecule has 3 rings (SSSR count). The lowest BCUT2D eigenvalue weighted by atomic mass is 9.81. The van der Waals surface area contributed by atoms with Crippen LogP contribution in [0.4, 0.5) is 5.69 Å². The molecule has 0 amide bonds. The van der Waals surface area contributed by atoms with Gasteiger partial charge in [0, 0.05) is 31.4 Å². The highest BCUT2D eigenvalue weighted by atomic mass is 16.5. The van der Waals surface area contributed by atoms with E-state index in [-0.39, 0.29) is 17.2 Å². The van der Waals surface area contributed by atoms with Crippen LogP contribution < -0.4 is 15.4 Å². The van der Waals surface area contributed by atoms with Gasteiger partial charge in [-0.15, -0.1) is 0 Å². The van der Waals surface area contributed by atoms with Gasteiger partial charge >= 0.3 is 0 Å². The normalized spacial score (nSPS) is 16.5. The van der Waals surface area contributed by atoms with Crippen molar-refractivity contribution in [3.8, 4) is 11.8 Å². The molecular weight excluding hydrogens is 322 g/mol. The first-order chi connectivity index (χ1) is 12.2. The Morgan fingerprint density at radius 2 is 1.73 bits per heavy atom. The number of nitrogens with zero attached hydrogens (tertiary/aromatic N) is 2. The quantitative estimate of drug-likeness (QED) is 0.881. The standard InChI is InChI=1S/C22H25N3O/c1-22(2,3)15-8-6-14(7-9-15)20-17-11-10-16(25(4)5)12-19(17)26-21(24)18(20)13-23/h6-12,20H,24H2,1-5H3. The van der Waals surface area contributed by atoms with Crippen LogP contribution in [-0.4, -0.2) is 14.1 Å². The van der Waals surface area contributed by atoms with E-state index in [2.05, 4.69) is 51.1 Å². The summed E-state index contributed by atoms with van der Waals surface area (Å²) < 4.78 is 5.76. The van der Waals surface area contributed by atoms with Crippen molar-refractivity contribution in [2.24, 2.45) is 5.73 Å². The fourth-order valence-electron chi connectivity index (χ4n) is 3.24. The minimum absolute atomic E-state index is 0.0830. The molecular formula is C22H25N3O. The molecule has 2 aromatic rings. The van der Waals surface area contributed by atoms with Crippen molar-refractivity contribution in [1.82, 2.24) is 0 Å². The van der Waals surface area contributed by atoms with Crippen LogP contribution in [0, 0.1) is 11.3 Å². The first-order valence-corrected chi connectivity index (χ1v) is 8.71. The molecule has 0 radical (unpaired) electrons. The summed E-state index contributed by atoms with van der Waals surface area (Å²) in [6.07, 6.45) is 0. The number of fused-ring (bicyclic) bond motifs is 1. The zero-order valence-electron chi connectivity index (χ0n) is 16.0. The lowest BCUT2D eigenvalue weighted by molar-refractivity contribution is 0.394. The van der Waals surface area contributed by atoms with Crippen LogP contribution in [0.1, 0.15) is 43.4 Å². The number of rotatable bonds is 2. The minimum Gasteiger partial charge on any atom is -0.440 e. The van der Waals surface area contributed by atoms with Crippen molar-refractivity contribution in [1.29, 1.82) is 5.26 Å². The van der Waals surface area contributed by atoms with Crippen molar-refractivity contribution in [2.45, 2.75) is 32.1 Å². The van der Waals surface area contributed by atoms with Gasteiger partial charge in [0.1, 0.15) is 17.4 Å². The summed E-state index contributed by atoms with van der Waals surface area (Å²) in [5.74, 6) is 0.674. The number of hydrogen-bond acceptors (Lipinski definition) is 4. The Bertz CT molecular complexity index is 896. The van der Waals surface area contributed by atoms with Crippen molar-refractivity contribution in [3.05, 3.63) is 70.6 Å². The fourth-order valence-corrected chi connectivity index (χ4v) is 3.24. The van der Waals surface area contributed by atoms with Gasteiger partial charge in [-0.2, -0.15) is 5.26 Å². The average molecular weight is 347 g/mol. The van der Waals surface area contributed by atoms with Crippen LogP contribution in [0.25, 0.3) is 0 Å². The molecule has 0 fully saturated rings. The van der Waals surface area contributed by atoms with E-state index >= 15 is 0 Å². The van der Waals surface area contributed by atoms with Crippen LogP contribution in [0.5, 0.6) is 5.75 Å². The lowest BCUT2D eigenvalue weighted by Gasteiger charge is -2.28. The van der Waals surface area contributed by atoms with E-state index in [1.165, 1.54) is 5.56 Å². The molecule has 26 heavy (non-hydrogen) atoms. The van der Waals surface area contributed by atoms with Gasteiger partial charge in [-0.1, -0.05) is 51.1 Å². The van der Waals surface area contributed by atoms with Crippen LogP contribution in [0.15, 0.2) is 53.9 Å². The molecule has 0 saturated carbocycles. The highest BCUT2D eigenvalue weighted by molar-refractivity contribution is 5.61. The maximum Gasteiger partial charge on any atom is 0.205 e.